The molecule has 0 atom stereocenters. The van der Waals surface area contributed by atoms with Crippen molar-refractivity contribution in [3.05, 3.63) is 63.7 Å². The van der Waals surface area contributed by atoms with E-state index in [4.69, 9.17) is 16.3 Å². The van der Waals surface area contributed by atoms with Crippen LogP contribution in [0, 0.1) is 6.92 Å². The van der Waals surface area contributed by atoms with Crippen LogP contribution in [0.2, 0.25) is 5.02 Å². The minimum absolute atomic E-state index is 0.198. The maximum Gasteiger partial charge on any atom is 0.338 e. The summed E-state index contributed by atoms with van der Waals surface area (Å²) in [5.41, 5.74) is 1.99. The molecule has 6 heteroatoms. The van der Waals surface area contributed by atoms with Crippen molar-refractivity contribution in [2.45, 2.75) is 46.0 Å². The number of esters is 1. The quantitative estimate of drug-likeness (QED) is 0.322. The second-order valence-corrected chi connectivity index (χ2v) is 7.60. The molecule has 0 aromatic heterocycles. The number of unbranched alkanes of at least 4 members (excludes halogenated alkanes) is 4. The molecule has 0 radical (unpaired) electrons. The minimum atomic E-state index is -0.486. The van der Waals surface area contributed by atoms with Crippen LogP contribution < -0.4 is 4.90 Å². The number of benzene rings is 2. The number of anilines is 1. The smallest absolute Gasteiger partial charge is 0.338 e. The van der Waals surface area contributed by atoms with Crippen LogP contribution >= 0.6 is 11.6 Å². The number of hydrogen-bond donors (Lipinski definition) is 0. The number of imide groups is 1. The van der Waals surface area contributed by atoms with E-state index in [1.165, 1.54) is 24.6 Å². The average Bonchev–Trinajstić information content (AvgIpc) is 2.96. The van der Waals surface area contributed by atoms with Gasteiger partial charge in [-0.1, -0.05) is 50.3 Å². The number of ether oxygens (including phenoxy) is 1. The Morgan fingerprint density at radius 2 is 1.69 bits per heavy atom. The lowest BCUT2D eigenvalue weighted by molar-refractivity contribution is 0.0497. The van der Waals surface area contributed by atoms with Crippen LogP contribution in [0.1, 0.15) is 75.7 Å². The molecule has 29 heavy (non-hydrogen) atoms. The number of halogens is 1. The first-order valence-corrected chi connectivity index (χ1v) is 10.3. The first kappa shape index (κ1) is 21.1. The number of fused-ring (bicyclic) bond motifs is 1. The zero-order valence-corrected chi connectivity index (χ0v) is 17.4. The van der Waals surface area contributed by atoms with Crippen LogP contribution in [-0.4, -0.2) is 24.4 Å². The lowest BCUT2D eigenvalue weighted by Crippen LogP contribution is -2.29. The molecule has 1 aliphatic rings. The van der Waals surface area contributed by atoms with Gasteiger partial charge < -0.3 is 4.74 Å². The summed E-state index contributed by atoms with van der Waals surface area (Å²) >= 11 is 6.14. The van der Waals surface area contributed by atoms with E-state index in [1.807, 2.05) is 6.92 Å². The van der Waals surface area contributed by atoms with E-state index in [9.17, 15) is 14.4 Å². The number of aryl methyl sites for hydroxylation is 1. The Morgan fingerprint density at radius 3 is 2.41 bits per heavy atom. The zero-order valence-electron chi connectivity index (χ0n) is 16.7. The predicted molar refractivity (Wildman–Crippen MR) is 113 cm³/mol. The highest BCUT2D eigenvalue weighted by Gasteiger charge is 2.37. The number of carbonyl (C=O) groups is 3. The summed E-state index contributed by atoms with van der Waals surface area (Å²) in [6, 6.07) is 9.48. The molecule has 0 bridgehead atoms. The Labute approximate surface area is 175 Å². The van der Waals surface area contributed by atoms with Crippen molar-refractivity contribution >= 4 is 35.1 Å². The van der Waals surface area contributed by atoms with E-state index < -0.39 is 17.8 Å². The molecule has 3 rings (SSSR count). The maximum absolute atomic E-state index is 12.8. The van der Waals surface area contributed by atoms with Crippen molar-refractivity contribution in [3.63, 3.8) is 0 Å². The molecule has 2 aromatic rings. The molecule has 152 valence electrons. The average molecular weight is 414 g/mol. The number of nitrogens with zero attached hydrogens (tertiary/aromatic N) is 1. The van der Waals surface area contributed by atoms with Gasteiger partial charge in [0.05, 0.1) is 29.0 Å². The van der Waals surface area contributed by atoms with Gasteiger partial charge in [0.1, 0.15) is 0 Å². The summed E-state index contributed by atoms with van der Waals surface area (Å²) in [6.07, 6.45) is 5.30. The molecular formula is C23H24ClNO4. The number of rotatable bonds is 8. The van der Waals surface area contributed by atoms with Crippen molar-refractivity contribution in [2.24, 2.45) is 0 Å². The molecule has 1 heterocycles. The summed E-state index contributed by atoms with van der Waals surface area (Å²) < 4.78 is 5.30. The molecule has 2 amide bonds. The molecule has 0 saturated heterocycles. The van der Waals surface area contributed by atoms with Gasteiger partial charge in [0.15, 0.2) is 0 Å². The SMILES string of the molecule is CCCCCCCOC(=O)c1ccc2c(c1)C(=O)N(c1ccc(C)c(Cl)c1)C2=O. The second kappa shape index (κ2) is 9.23. The van der Waals surface area contributed by atoms with Gasteiger partial charge in [-0.15, -0.1) is 0 Å². The van der Waals surface area contributed by atoms with Gasteiger partial charge in [0.25, 0.3) is 11.8 Å². The lowest BCUT2D eigenvalue weighted by Gasteiger charge is -2.14. The summed E-state index contributed by atoms with van der Waals surface area (Å²) in [6.45, 7) is 4.34. The van der Waals surface area contributed by atoms with E-state index in [0.717, 1.165) is 36.1 Å². The van der Waals surface area contributed by atoms with Crippen molar-refractivity contribution < 1.29 is 19.1 Å². The number of hydrogen-bond acceptors (Lipinski definition) is 4. The zero-order chi connectivity index (χ0) is 21.0. The molecule has 0 saturated carbocycles. The molecule has 0 spiro atoms. The van der Waals surface area contributed by atoms with Crippen molar-refractivity contribution in [1.82, 2.24) is 0 Å². The molecule has 5 nitrogen and oxygen atoms in total. The molecule has 0 N–H and O–H groups in total. The third kappa shape index (κ3) is 4.51. The monoisotopic (exact) mass is 413 g/mol. The molecule has 2 aromatic carbocycles. The summed E-state index contributed by atoms with van der Waals surface area (Å²) in [5.74, 6) is -1.39. The van der Waals surface area contributed by atoms with Crippen molar-refractivity contribution in [1.29, 1.82) is 0 Å². The van der Waals surface area contributed by atoms with Gasteiger partial charge in [-0.2, -0.15) is 0 Å². The van der Waals surface area contributed by atoms with Gasteiger partial charge in [-0.05, 0) is 49.2 Å². The van der Waals surface area contributed by atoms with Gasteiger partial charge in [0.2, 0.25) is 0 Å². The van der Waals surface area contributed by atoms with Crippen molar-refractivity contribution in [3.8, 4) is 0 Å². The second-order valence-electron chi connectivity index (χ2n) is 7.19. The molecule has 1 aliphatic heterocycles. The standard InChI is InChI=1S/C23H24ClNO4/c1-3-4-5-6-7-12-29-23(28)16-9-11-18-19(13-16)22(27)25(21(18)26)17-10-8-15(2)20(24)14-17/h8-11,13-14H,3-7,12H2,1-2H3. The van der Waals surface area contributed by atoms with E-state index in [-0.39, 0.29) is 16.7 Å². The highest BCUT2D eigenvalue weighted by molar-refractivity contribution is 6.36. The molecule has 0 unspecified atom stereocenters. The third-order valence-corrected chi connectivity index (χ3v) is 5.42. The number of carbonyl (C=O) groups excluding carboxylic acids is 3. The fourth-order valence-corrected chi connectivity index (χ4v) is 3.45. The third-order valence-electron chi connectivity index (χ3n) is 5.02. The minimum Gasteiger partial charge on any atom is -0.462 e. The van der Waals surface area contributed by atoms with Gasteiger partial charge in [0, 0.05) is 5.02 Å². The Kier molecular flexibility index (Phi) is 6.70. The van der Waals surface area contributed by atoms with E-state index in [2.05, 4.69) is 6.92 Å². The van der Waals surface area contributed by atoms with Crippen LogP contribution in [0.5, 0.6) is 0 Å². The van der Waals surface area contributed by atoms with E-state index in [1.54, 1.807) is 18.2 Å². The summed E-state index contributed by atoms with van der Waals surface area (Å²) in [4.78, 5) is 39.0. The van der Waals surface area contributed by atoms with Crippen LogP contribution in [-0.2, 0) is 4.74 Å². The fraction of sp³-hybridized carbons (Fsp3) is 0.348. The van der Waals surface area contributed by atoms with E-state index in [0.29, 0.717) is 17.3 Å². The molecule has 0 aliphatic carbocycles. The Balaban J connectivity index is 1.72. The Morgan fingerprint density at radius 1 is 0.966 bits per heavy atom. The first-order valence-electron chi connectivity index (χ1n) is 9.90. The highest BCUT2D eigenvalue weighted by Crippen LogP contribution is 2.31. The van der Waals surface area contributed by atoms with E-state index >= 15 is 0 Å². The first-order chi connectivity index (χ1) is 13.9. The maximum atomic E-state index is 12.8. The molecule has 0 fully saturated rings. The lowest BCUT2D eigenvalue weighted by atomic mass is 10.1. The Bertz CT molecular complexity index is 954. The van der Waals surface area contributed by atoms with Gasteiger partial charge in [-0.3, -0.25) is 9.59 Å². The van der Waals surface area contributed by atoms with Crippen LogP contribution in [0.15, 0.2) is 36.4 Å². The largest absolute Gasteiger partial charge is 0.462 e. The molecular weight excluding hydrogens is 390 g/mol. The van der Waals surface area contributed by atoms with Crippen LogP contribution in [0.25, 0.3) is 0 Å². The van der Waals surface area contributed by atoms with Gasteiger partial charge >= 0.3 is 5.97 Å². The summed E-state index contributed by atoms with van der Waals surface area (Å²) in [7, 11) is 0. The number of amides is 2. The predicted octanol–water partition coefficient (Wildman–Crippen LogP) is 5.58. The Hall–Kier alpha value is -2.66. The van der Waals surface area contributed by atoms with Crippen LogP contribution in [0.3, 0.4) is 0 Å². The highest BCUT2D eigenvalue weighted by atomic mass is 35.5. The summed E-state index contributed by atoms with van der Waals surface area (Å²) in [5, 5.41) is 0.474. The fourth-order valence-electron chi connectivity index (χ4n) is 3.28. The van der Waals surface area contributed by atoms with Gasteiger partial charge in [-0.25, -0.2) is 9.69 Å². The topological polar surface area (TPSA) is 63.7 Å². The normalized spacial score (nSPS) is 13.0. The van der Waals surface area contributed by atoms with Crippen molar-refractivity contribution in [2.75, 3.05) is 11.5 Å². The van der Waals surface area contributed by atoms with Crippen LogP contribution in [0.4, 0.5) is 5.69 Å².